The van der Waals surface area contributed by atoms with Gasteiger partial charge in [-0.25, -0.2) is 5.48 Å². The Labute approximate surface area is 106 Å². The molecule has 0 heterocycles. The molecule has 0 aromatic heterocycles. The van der Waals surface area contributed by atoms with Crippen molar-refractivity contribution in [1.29, 1.82) is 0 Å². The number of carbonyl (C=O) groups excluding carboxylic acids is 1. The Kier molecular flexibility index (Phi) is 6.50. The third-order valence-corrected chi connectivity index (χ3v) is 2.34. The molecule has 0 saturated heterocycles. The summed E-state index contributed by atoms with van der Waals surface area (Å²) in [6, 6.07) is 8.79. The lowest BCUT2D eigenvalue weighted by atomic mass is 10.2. The number of nitrogens with one attached hydrogen (secondary N) is 1. The zero-order valence-corrected chi connectivity index (χ0v) is 10.1. The Morgan fingerprint density at radius 2 is 1.83 bits per heavy atom. The maximum atomic E-state index is 11.5. The van der Waals surface area contributed by atoms with Gasteiger partial charge in [-0.15, -0.1) is 0 Å². The van der Waals surface area contributed by atoms with E-state index in [2.05, 4.69) is 5.48 Å². The Hall–Kier alpha value is -1.88. The highest BCUT2D eigenvalue weighted by Gasteiger charge is 2.03. The van der Waals surface area contributed by atoms with Gasteiger partial charge >= 0.3 is 5.97 Å². The molecule has 0 bridgehead atoms. The fourth-order valence-electron chi connectivity index (χ4n) is 1.39. The minimum Gasteiger partial charge on any atom is -0.481 e. The van der Waals surface area contributed by atoms with Gasteiger partial charge in [-0.1, -0.05) is 24.6 Å². The highest BCUT2D eigenvalue weighted by Crippen LogP contribution is 2.00. The first kappa shape index (κ1) is 14.2. The zero-order chi connectivity index (χ0) is 13.2. The van der Waals surface area contributed by atoms with Crippen LogP contribution in [0.2, 0.25) is 0 Å². The number of hydroxylamine groups is 1. The molecule has 0 fully saturated rings. The van der Waals surface area contributed by atoms with E-state index in [0.29, 0.717) is 18.6 Å². The number of carboxylic acids is 1. The molecule has 5 nitrogen and oxygen atoms in total. The summed E-state index contributed by atoms with van der Waals surface area (Å²) in [5.41, 5.74) is 2.89. The zero-order valence-electron chi connectivity index (χ0n) is 10.1. The van der Waals surface area contributed by atoms with Crippen molar-refractivity contribution >= 4 is 11.9 Å². The van der Waals surface area contributed by atoms with Crippen LogP contribution in [0.3, 0.4) is 0 Å². The van der Waals surface area contributed by atoms with Gasteiger partial charge in [0.15, 0.2) is 0 Å². The molecule has 5 heteroatoms. The van der Waals surface area contributed by atoms with Crippen LogP contribution < -0.4 is 5.48 Å². The first-order chi connectivity index (χ1) is 8.70. The molecular weight excluding hydrogens is 234 g/mol. The number of benzene rings is 1. The summed E-state index contributed by atoms with van der Waals surface area (Å²) in [4.78, 5) is 26.8. The minimum atomic E-state index is -0.784. The molecule has 0 saturated carbocycles. The Morgan fingerprint density at radius 3 is 2.50 bits per heavy atom. The lowest BCUT2D eigenvalue weighted by Gasteiger charge is -2.05. The van der Waals surface area contributed by atoms with Crippen LogP contribution in [0, 0.1) is 0 Å². The third kappa shape index (κ3) is 6.00. The Balaban J connectivity index is 2.05. The monoisotopic (exact) mass is 251 g/mol. The molecule has 1 rings (SSSR count). The summed E-state index contributed by atoms with van der Waals surface area (Å²) >= 11 is 0. The predicted molar refractivity (Wildman–Crippen MR) is 66.0 cm³/mol. The molecule has 0 radical (unpaired) electrons. The van der Waals surface area contributed by atoms with Gasteiger partial charge in [0.05, 0.1) is 6.61 Å². The fraction of sp³-hybridized carbons (Fsp3) is 0.385. The van der Waals surface area contributed by atoms with E-state index in [0.717, 1.165) is 12.8 Å². The summed E-state index contributed by atoms with van der Waals surface area (Å²) in [5.74, 6) is -1.06. The molecule has 0 aliphatic carbocycles. The summed E-state index contributed by atoms with van der Waals surface area (Å²) in [6.45, 7) is 0.387. The van der Waals surface area contributed by atoms with E-state index in [1.807, 2.05) is 6.07 Å². The van der Waals surface area contributed by atoms with Crippen LogP contribution in [-0.4, -0.2) is 23.6 Å². The molecular formula is C13H17NO4. The van der Waals surface area contributed by atoms with E-state index in [1.165, 1.54) is 0 Å². The van der Waals surface area contributed by atoms with Gasteiger partial charge < -0.3 is 5.11 Å². The molecule has 2 N–H and O–H groups in total. The molecule has 0 aliphatic heterocycles. The maximum absolute atomic E-state index is 11.5. The second kappa shape index (κ2) is 8.25. The van der Waals surface area contributed by atoms with E-state index in [4.69, 9.17) is 9.94 Å². The van der Waals surface area contributed by atoms with Crippen molar-refractivity contribution in [1.82, 2.24) is 5.48 Å². The lowest BCUT2D eigenvalue weighted by molar-refractivity contribution is -0.137. The van der Waals surface area contributed by atoms with Crippen LogP contribution in [0.1, 0.15) is 36.0 Å². The smallest absolute Gasteiger partial charge is 0.303 e. The van der Waals surface area contributed by atoms with Crippen LogP contribution >= 0.6 is 0 Å². The van der Waals surface area contributed by atoms with E-state index < -0.39 is 5.97 Å². The van der Waals surface area contributed by atoms with Crippen LogP contribution in [0.4, 0.5) is 0 Å². The number of aliphatic carboxylic acids is 1. The van der Waals surface area contributed by atoms with Crippen molar-refractivity contribution in [2.75, 3.05) is 6.61 Å². The van der Waals surface area contributed by atoms with Crippen LogP contribution in [-0.2, 0) is 9.63 Å². The van der Waals surface area contributed by atoms with Crippen LogP contribution in [0.25, 0.3) is 0 Å². The topological polar surface area (TPSA) is 75.6 Å². The molecule has 0 aliphatic rings. The van der Waals surface area contributed by atoms with Gasteiger partial charge in [0, 0.05) is 12.0 Å². The predicted octanol–water partition coefficient (Wildman–Crippen LogP) is 1.99. The number of carboxylic acid groups (broad SMARTS) is 1. The fourth-order valence-corrected chi connectivity index (χ4v) is 1.39. The lowest BCUT2D eigenvalue weighted by Crippen LogP contribution is -2.24. The normalized spacial score (nSPS) is 10.0. The van der Waals surface area contributed by atoms with Crippen molar-refractivity contribution in [3.8, 4) is 0 Å². The number of rotatable bonds is 8. The average Bonchev–Trinajstić information content (AvgIpc) is 2.38. The number of hydrogen-bond donors (Lipinski definition) is 2. The van der Waals surface area contributed by atoms with E-state index in [9.17, 15) is 9.59 Å². The standard InChI is InChI=1S/C13H17NO4/c15-12(16)9-5-2-6-10-18-14-13(17)11-7-3-1-4-8-11/h1,3-4,7-8H,2,5-6,9-10H2,(H,14,17)(H,15,16). The van der Waals surface area contributed by atoms with Gasteiger partial charge in [-0.05, 0) is 25.0 Å². The Morgan fingerprint density at radius 1 is 1.11 bits per heavy atom. The van der Waals surface area contributed by atoms with Crippen molar-refractivity contribution < 1.29 is 19.5 Å². The van der Waals surface area contributed by atoms with Crippen molar-refractivity contribution in [3.05, 3.63) is 35.9 Å². The largest absolute Gasteiger partial charge is 0.481 e. The molecule has 1 aromatic rings. The summed E-state index contributed by atoms with van der Waals surface area (Å²) in [6.07, 6.45) is 2.30. The molecule has 0 spiro atoms. The minimum absolute atomic E-state index is 0.177. The molecule has 0 atom stereocenters. The summed E-state index contributed by atoms with van der Waals surface area (Å²) in [5, 5.41) is 8.43. The van der Waals surface area contributed by atoms with Crippen molar-refractivity contribution in [2.45, 2.75) is 25.7 Å². The SMILES string of the molecule is O=C(O)CCCCCONC(=O)c1ccccc1. The van der Waals surface area contributed by atoms with Gasteiger partial charge in [-0.2, -0.15) is 0 Å². The first-order valence-corrected chi connectivity index (χ1v) is 5.89. The summed E-state index contributed by atoms with van der Waals surface area (Å²) < 4.78 is 0. The summed E-state index contributed by atoms with van der Waals surface area (Å²) in [7, 11) is 0. The number of unbranched alkanes of at least 4 members (excludes halogenated alkanes) is 2. The van der Waals surface area contributed by atoms with E-state index in [1.54, 1.807) is 24.3 Å². The van der Waals surface area contributed by atoms with Crippen LogP contribution in [0.15, 0.2) is 30.3 Å². The molecule has 18 heavy (non-hydrogen) atoms. The second-order valence-corrected chi connectivity index (χ2v) is 3.85. The van der Waals surface area contributed by atoms with Crippen LogP contribution in [0.5, 0.6) is 0 Å². The molecule has 0 unspecified atom stereocenters. The van der Waals surface area contributed by atoms with Gasteiger partial charge in [0.2, 0.25) is 0 Å². The van der Waals surface area contributed by atoms with E-state index in [-0.39, 0.29) is 12.3 Å². The third-order valence-electron chi connectivity index (χ3n) is 2.34. The highest BCUT2D eigenvalue weighted by molar-refractivity contribution is 5.93. The highest BCUT2D eigenvalue weighted by atomic mass is 16.6. The van der Waals surface area contributed by atoms with Gasteiger partial charge in [0.1, 0.15) is 0 Å². The average molecular weight is 251 g/mol. The number of carbonyl (C=O) groups is 2. The Bertz CT molecular complexity index is 378. The van der Waals surface area contributed by atoms with Crippen molar-refractivity contribution in [3.63, 3.8) is 0 Å². The maximum Gasteiger partial charge on any atom is 0.303 e. The quantitative estimate of drug-likeness (QED) is 0.547. The molecule has 1 amide bonds. The van der Waals surface area contributed by atoms with Gasteiger partial charge in [0.25, 0.3) is 5.91 Å². The number of hydrogen-bond acceptors (Lipinski definition) is 3. The van der Waals surface area contributed by atoms with E-state index >= 15 is 0 Å². The number of amides is 1. The van der Waals surface area contributed by atoms with Crippen molar-refractivity contribution in [2.24, 2.45) is 0 Å². The molecule has 98 valence electrons. The first-order valence-electron chi connectivity index (χ1n) is 5.89. The van der Waals surface area contributed by atoms with Gasteiger partial charge in [-0.3, -0.25) is 14.4 Å². The molecule has 1 aromatic carbocycles. The second-order valence-electron chi connectivity index (χ2n) is 3.85.